The molecule has 674 valence electrons. The minimum Gasteiger partial charge on any atom is -0.310 e. The van der Waals surface area contributed by atoms with Gasteiger partial charge >= 0.3 is 0 Å². The third-order valence-corrected chi connectivity index (χ3v) is 33.3. The number of benzene rings is 22. The van der Waals surface area contributed by atoms with Gasteiger partial charge in [-0.05, 0) is 305 Å². The molecule has 4 heterocycles. The number of hydrogen-bond donors (Lipinski definition) is 0. The molecule has 2 atom stereocenters. The van der Waals surface area contributed by atoms with Crippen LogP contribution >= 0.6 is 0 Å². The largest absolute Gasteiger partial charge is 0.310 e. The van der Waals surface area contributed by atoms with Crippen LogP contribution in [0.1, 0.15) is 94.5 Å². The molecule has 4 heteroatoms. The van der Waals surface area contributed by atoms with Crippen molar-refractivity contribution in [1.29, 1.82) is 0 Å². The first kappa shape index (κ1) is 82.0. The van der Waals surface area contributed by atoms with Crippen LogP contribution in [0.4, 0.5) is 34.1 Å². The fourth-order valence-electron chi connectivity index (χ4n) is 26.9. The van der Waals surface area contributed by atoms with E-state index in [1.165, 1.54) is 200 Å². The average molecular weight is 1830 g/mol. The Hall–Kier alpha value is -18.0. The van der Waals surface area contributed by atoms with E-state index in [9.17, 15) is 0 Å². The Labute approximate surface area is 837 Å². The van der Waals surface area contributed by atoms with E-state index >= 15 is 0 Å². The lowest BCUT2D eigenvalue weighted by Gasteiger charge is -2.39. The Morgan fingerprint density at radius 2 is 0.479 bits per heavy atom. The lowest BCUT2D eigenvalue weighted by molar-refractivity contribution is 0.660. The van der Waals surface area contributed by atoms with Crippen LogP contribution < -0.4 is 9.80 Å². The summed E-state index contributed by atoms with van der Waals surface area (Å²) in [5, 5.41) is 5.05. The number of hydrogen-bond acceptors (Lipinski definition) is 2. The van der Waals surface area contributed by atoms with Gasteiger partial charge in [0.25, 0.3) is 0 Å². The Kier molecular flexibility index (Phi) is 17.5. The van der Waals surface area contributed by atoms with Gasteiger partial charge in [0.1, 0.15) is 0 Å². The van der Waals surface area contributed by atoms with Gasteiger partial charge in [0.2, 0.25) is 0 Å². The highest BCUT2D eigenvalue weighted by atomic mass is 15.2. The lowest BCUT2D eigenvalue weighted by Crippen LogP contribution is -2.33. The maximum Gasteiger partial charge on any atom is 0.0754 e. The van der Waals surface area contributed by atoms with E-state index in [0.29, 0.717) is 0 Å². The molecule has 4 aliphatic carbocycles. The third-order valence-electron chi connectivity index (χ3n) is 33.3. The molecule has 2 spiro atoms. The first-order valence-electron chi connectivity index (χ1n) is 50.6. The van der Waals surface area contributed by atoms with Crippen molar-refractivity contribution in [3.05, 3.63) is 564 Å². The van der Waals surface area contributed by atoms with Crippen molar-refractivity contribution in [3.8, 4) is 134 Å². The van der Waals surface area contributed by atoms with Gasteiger partial charge in [-0.3, -0.25) is 0 Å². The zero-order valence-electron chi connectivity index (χ0n) is 80.1. The fourth-order valence-corrected chi connectivity index (χ4v) is 26.9. The van der Waals surface area contributed by atoms with E-state index in [1.807, 2.05) is 0 Å². The molecule has 144 heavy (non-hydrogen) atoms. The van der Waals surface area contributed by atoms with Crippen molar-refractivity contribution < 1.29 is 0 Å². The molecule has 30 rings (SSSR count). The quantitative estimate of drug-likeness (QED) is 0.114. The predicted molar refractivity (Wildman–Crippen MR) is 599 cm³/mol. The van der Waals surface area contributed by atoms with Crippen molar-refractivity contribution in [1.82, 2.24) is 9.13 Å². The summed E-state index contributed by atoms with van der Waals surface area (Å²) in [6.07, 6.45) is 0. The molecule has 0 saturated carbocycles. The summed E-state index contributed by atoms with van der Waals surface area (Å²) in [7, 11) is 0. The fraction of sp³-hybridized carbons (Fsp3) is 0.0571. The highest BCUT2D eigenvalue weighted by molar-refractivity contribution is 6.16. The van der Waals surface area contributed by atoms with Crippen molar-refractivity contribution in [2.45, 2.75) is 49.4 Å². The van der Waals surface area contributed by atoms with Gasteiger partial charge in [-0.25, -0.2) is 0 Å². The van der Waals surface area contributed by atoms with Crippen LogP contribution in [0.5, 0.6) is 0 Å². The molecule has 2 aromatic heterocycles. The van der Waals surface area contributed by atoms with E-state index in [0.717, 1.165) is 78.6 Å². The Bertz CT molecular complexity index is 9600. The Balaban J connectivity index is 0.547. The minimum atomic E-state index is -0.727. The van der Waals surface area contributed by atoms with Crippen molar-refractivity contribution in [2.24, 2.45) is 0 Å². The van der Waals surface area contributed by atoms with Gasteiger partial charge in [0.15, 0.2) is 0 Å². The molecule has 2 unspecified atom stereocenters. The van der Waals surface area contributed by atoms with Crippen LogP contribution in [-0.2, 0) is 21.7 Å². The minimum absolute atomic E-state index is 0.288. The molecule has 0 saturated heterocycles. The van der Waals surface area contributed by atoms with Gasteiger partial charge in [0.05, 0.1) is 50.0 Å². The van der Waals surface area contributed by atoms with Crippen molar-refractivity contribution >= 4 is 77.7 Å². The van der Waals surface area contributed by atoms with E-state index in [1.54, 1.807) is 0 Å². The standard InChI is InChI=1S/C140H94N4/c1-137(2)123-81-95(88-35-10-6-11-36-88)67-72-106(123)108-75-70-102(85-125(108)137)141(99-42-28-39-92(77-99)87-33-8-5-9-34-87)100-43-30-41-94(79-100)98-80-116(134-115-49-15-20-53-118(115)140(128(134)84-98)120-55-22-27-62-133(120)144-131-60-25-18-48-112(131)114-51-32-57-122(140)136(114)144)91-65-63-89(64-66-91)96-68-73-107-109-76-71-103(86-126(109)138(3,4)124(107)82-96)142(129-58-23-16-45-104(129)90-37-12-7-13-38-90)101-44-29-40-93(78-101)97-69-74-110-105-46-14-19-52-117(105)139(127(110)83-97)119-54-21-26-61-132(119)143-130-59-24-17-47-111(130)113-50-31-56-121(139)135(113)143/h5-86H,1-4H3. The van der Waals surface area contributed by atoms with E-state index < -0.39 is 16.2 Å². The van der Waals surface area contributed by atoms with Gasteiger partial charge in [0, 0.05) is 66.4 Å². The Morgan fingerprint density at radius 1 is 0.167 bits per heavy atom. The number of fused-ring (bicyclic) bond motifs is 30. The summed E-state index contributed by atoms with van der Waals surface area (Å²) >= 11 is 0. The Morgan fingerprint density at radius 3 is 1.02 bits per heavy atom. The average Bonchev–Trinajstić information content (AvgIpc) is 1.49. The van der Waals surface area contributed by atoms with E-state index in [-0.39, 0.29) is 5.41 Å². The van der Waals surface area contributed by atoms with Crippen LogP contribution in [0.3, 0.4) is 0 Å². The zero-order chi connectivity index (χ0) is 95.2. The summed E-state index contributed by atoms with van der Waals surface area (Å²) in [6, 6.07) is 189. The number of anilines is 6. The third kappa shape index (κ3) is 11.5. The summed E-state index contributed by atoms with van der Waals surface area (Å²) in [4.78, 5) is 5.02. The molecule has 2 aliphatic heterocycles. The molecule has 0 radical (unpaired) electrons. The maximum atomic E-state index is 2.59. The molecule has 6 aliphatic rings. The second-order valence-electron chi connectivity index (χ2n) is 41.2. The zero-order valence-corrected chi connectivity index (χ0v) is 80.1. The normalized spacial score (nSPS) is 15.4. The van der Waals surface area contributed by atoms with Crippen LogP contribution in [0.25, 0.3) is 177 Å². The van der Waals surface area contributed by atoms with Crippen molar-refractivity contribution in [2.75, 3.05) is 9.80 Å². The summed E-state index contributed by atoms with van der Waals surface area (Å²) in [5.41, 5.74) is 54.0. The second kappa shape index (κ2) is 30.8. The molecule has 0 N–H and O–H groups in total. The first-order chi connectivity index (χ1) is 70.9. The second-order valence-corrected chi connectivity index (χ2v) is 41.2. The molecule has 0 fully saturated rings. The van der Waals surface area contributed by atoms with Crippen LogP contribution in [-0.4, -0.2) is 9.13 Å². The molecule has 0 amide bonds. The highest BCUT2D eigenvalue weighted by Gasteiger charge is 2.54. The van der Waals surface area contributed by atoms with Gasteiger partial charge in [-0.15, -0.1) is 0 Å². The summed E-state index contributed by atoms with van der Waals surface area (Å²) in [6.45, 7) is 9.70. The molecular formula is C140H94N4. The molecule has 4 nitrogen and oxygen atoms in total. The predicted octanol–water partition coefficient (Wildman–Crippen LogP) is 36.5. The topological polar surface area (TPSA) is 16.3 Å². The molecule has 22 aromatic carbocycles. The first-order valence-corrected chi connectivity index (χ1v) is 50.6. The number of nitrogens with zero attached hydrogens (tertiary/aromatic N) is 4. The number of aromatic nitrogens is 2. The number of para-hydroxylation sites is 7. The molecular weight excluding hydrogens is 1740 g/mol. The van der Waals surface area contributed by atoms with Crippen LogP contribution in [0.15, 0.2) is 497 Å². The van der Waals surface area contributed by atoms with Crippen molar-refractivity contribution in [3.63, 3.8) is 0 Å². The van der Waals surface area contributed by atoms with Gasteiger partial charge in [-0.1, -0.05) is 404 Å². The van der Waals surface area contributed by atoms with Gasteiger partial charge < -0.3 is 18.9 Å². The lowest BCUT2D eigenvalue weighted by atomic mass is 9.65. The SMILES string of the molecule is CC1(C)c2cc(-c3ccccc3)ccc2-c2ccc(N(c3cccc(-c4ccccc4)c3)c3cccc(-c4cc(-c5ccc(-c6ccc7c(c6)C(C)(C)c6cc(N(c8cccc(-c9ccc%10c(c9)C9(c%11ccccc%11-%10)c%10ccccc%10-n%10c%11ccccc%11c%11cccc9c%11%10)c8)c8ccccc8-c8ccccc8)ccc6-7)cc5)c5c(c4)C4(c6ccccc6-5)c5ccccc5-n5c6ccccc6c6cccc4c65)c3)cc21. The monoisotopic (exact) mass is 1830 g/mol. The smallest absolute Gasteiger partial charge is 0.0754 e. The van der Waals surface area contributed by atoms with Crippen LogP contribution in [0, 0.1) is 0 Å². The van der Waals surface area contributed by atoms with E-state index in [2.05, 4.69) is 544 Å². The maximum absolute atomic E-state index is 2.59. The van der Waals surface area contributed by atoms with Gasteiger partial charge in [-0.2, -0.15) is 0 Å². The highest BCUT2D eigenvalue weighted by Crippen LogP contribution is 2.67. The van der Waals surface area contributed by atoms with Crippen LogP contribution in [0.2, 0.25) is 0 Å². The number of rotatable bonds is 13. The molecule has 24 aromatic rings. The van der Waals surface area contributed by atoms with E-state index in [4.69, 9.17) is 0 Å². The molecule has 0 bridgehead atoms. The summed E-state index contributed by atoms with van der Waals surface area (Å²) in [5.74, 6) is 0. The summed E-state index contributed by atoms with van der Waals surface area (Å²) < 4.78 is 5.10.